The summed E-state index contributed by atoms with van der Waals surface area (Å²) < 4.78 is 12.9. The molecule has 194 valence electrons. The summed E-state index contributed by atoms with van der Waals surface area (Å²) in [5.41, 5.74) is 2.75. The van der Waals surface area contributed by atoms with Crippen LogP contribution >= 0.6 is 11.6 Å². The predicted molar refractivity (Wildman–Crippen MR) is 142 cm³/mol. The monoisotopic (exact) mass is 522 g/mol. The molecule has 0 radical (unpaired) electrons. The summed E-state index contributed by atoms with van der Waals surface area (Å²) in [6.45, 7) is 5.27. The second-order valence-corrected chi connectivity index (χ2v) is 9.95. The van der Waals surface area contributed by atoms with Gasteiger partial charge in [-0.2, -0.15) is 5.10 Å². The minimum Gasteiger partial charge on any atom is -0.495 e. The Bertz CT molecular complexity index is 1310. The van der Waals surface area contributed by atoms with Gasteiger partial charge in [-0.3, -0.25) is 19.2 Å². The van der Waals surface area contributed by atoms with Crippen molar-refractivity contribution in [3.8, 4) is 5.75 Å². The second kappa shape index (κ2) is 11.5. The van der Waals surface area contributed by atoms with Gasteiger partial charge in [0, 0.05) is 49.5 Å². The fraction of sp³-hybridized carbons (Fsp3) is 0.393. The number of nitrogens with one attached hydrogen (secondary N) is 1. The average Bonchev–Trinajstić information content (AvgIpc) is 3.55. The summed E-state index contributed by atoms with van der Waals surface area (Å²) in [7, 11) is 1.58. The molecule has 3 aromatic rings. The highest BCUT2D eigenvalue weighted by atomic mass is 35.5. The molecule has 2 aromatic carbocycles. The maximum Gasteiger partial charge on any atom is 0.255 e. The number of amides is 1. The van der Waals surface area contributed by atoms with Crippen molar-refractivity contribution in [2.75, 3.05) is 46.5 Å². The summed E-state index contributed by atoms with van der Waals surface area (Å²) >= 11 is 5.95. The summed E-state index contributed by atoms with van der Waals surface area (Å²) in [6.07, 6.45) is 5.48. The van der Waals surface area contributed by atoms with Crippen molar-refractivity contribution >= 4 is 34.2 Å². The molecule has 2 aliphatic rings. The Kier molecular flexibility index (Phi) is 7.88. The minimum atomic E-state index is -0.162. The van der Waals surface area contributed by atoms with Crippen molar-refractivity contribution in [1.82, 2.24) is 20.0 Å². The van der Waals surface area contributed by atoms with E-state index in [2.05, 4.69) is 10.2 Å². The maximum atomic E-state index is 12.9. The van der Waals surface area contributed by atoms with E-state index < -0.39 is 0 Å². The number of morpholine rings is 1. The number of Topliss-reactive ketones (excluding diaryl/α,β-unsaturated/α-hetero) is 1. The standard InChI is InChI=1S/C28H31ClN4O4/c1-36-27-23(28(35)30-10-11-32-12-14-37-15-13-32)8-9-25-24(27)18-33(31-25)17-19-2-3-21(16-19)26(34)20-4-6-22(29)7-5-20/h3-9,18-19H,2,10-17H2,1H3,(H,30,35). The Morgan fingerprint density at radius 1 is 1.16 bits per heavy atom. The van der Waals surface area contributed by atoms with Gasteiger partial charge in [-0.15, -0.1) is 0 Å². The number of aromatic nitrogens is 2. The molecule has 0 saturated carbocycles. The highest BCUT2D eigenvalue weighted by Crippen LogP contribution is 2.32. The molecule has 1 aliphatic heterocycles. The number of benzene rings is 2. The highest BCUT2D eigenvalue weighted by Gasteiger charge is 2.24. The summed E-state index contributed by atoms with van der Waals surface area (Å²) in [5, 5.41) is 9.13. The number of halogens is 1. The lowest BCUT2D eigenvalue weighted by Gasteiger charge is -2.26. The van der Waals surface area contributed by atoms with Crippen molar-refractivity contribution < 1.29 is 19.1 Å². The molecule has 9 heteroatoms. The molecular weight excluding hydrogens is 492 g/mol. The van der Waals surface area contributed by atoms with E-state index in [1.54, 1.807) is 37.4 Å². The number of nitrogens with zero attached hydrogens (tertiary/aromatic N) is 3. The van der Waals surface area contributed by atoms with Gasteiger partial charge in [-0.25, -0.2) is 0 Å². The van der Waals surface area contributed by atoms with E-state index in [0.29, 0.717) is 41.4 Å². The first kappa shape index (κ1) is 25.4. The number of fused-ring (bicyclic) bond motifs is 1. The lowest BCUT2D eigenvalue weighted by molar-refractivity contribution is 0.0383. The Hall–Kier alpha value is -3.20. The van der Waals surface area contributed by atoms with Gasteiger partial charge in [0.2, 0.25) is 0 Å². The number of methoxy groups -OCH3 is 1. The smallest absolute Gasteiger partial charge is 0.255 e. The molecule has 1 saturated heterocycles. The fourth-order valence-corrected chi connectivity index (χ4v) is 5.15. The van der Waals surface area contributed by atoms with Crippen LogP contribution in [0.4, 0.5) is 0 Å². The molecule has 1 atom stereocenters. The van der Waals surface area contributed by atoms with Crippen molar-refractivity contribution in [3.63, 3.8) is 0 Å². The Balaban J connectivity index is 1.22. The van der Waals surface area contributed by atoms with E-state index in [9.17, 15) is 9.59 Å². The van der Waals surface area contributed by atoms with E-state index >= 15 is 0 Å². The first-order valence-electron chi connectivity index (χ1n) is 12.6. The van der Waals surface area contributed by atoms with Crippen molar-refractivity contribution in [3.05, 3.63) is 70.4 Å². The molecule has 1 amide bonds. The predicted octanol–water partition coefficient (Wildman–Crippen LogP) is 3.98. The van der Waals surface area contributed by atoms with Crippen molar-refractivity contribution in [2.45, 2.75) is 19.4 Å². The average molecular weight is 523 g/mol. The molecule has 1 unspecified atom stereocenters. The van der Waals surface area contributed by atoms with E-state index in [1.165, 1.54) is 0 Å². The van der Waals surface area contributed by atoms with Gasteiger partial charge >= 0.3 is 0 Å². The third-order valence-electron chi connectivity index (χ3n) is 7.00. The molecule has 5 rings (SSSR count). The van der Waals surface area contributed by atoms with Gasteiger partial charge in [0.25, 0.3) is 5.91 Å². The zero-order chi connectivity index (χ0) is 25.8. The SMILES string of the molecule is COc1c(C(=O)NCCN2CCOCC2)ccc2nn(CC3CC=C(C(=O)c4ccc(Cl)cc4)C3)cc12. The van der Waals surface area contributed by atoms with Crippen molar-refractivity contribution in [1.29, 1.82) is 0 Å². The normalized spacial score (nSPS) is 18.1. The van der Waals surface area contributed by atoms with Crippen LogP contribution in [0.25, 0.3) is 10.9 Å². The maximum absolute atomic E-state index is 12.9. The van der Waals surface area contributed by atoms with E-state index in [1.807, 2.05) is 23.0 Å². The summed E-state index contributed by atoms with van der Waals surface area (Å²) in [5.74, 6) is 0.686. The topological polar surface area (TPSA) is 85.7 Å². The van der Waals surface area contributed by atoms with Crippen LogP contribution in [0, 0.1) is 5.92 Å². The lowest BCUT2D eigenvalue weighted by Crippen LogP contribution is -2.41. The number of hydrogen-bond acceptors (Lipinski definition) is 6. The number of hydrogen-bond donors (Lipinski definition) is 1. The third-order valence-corrected chi connectivity index (χ3v) is 7.25. The fourth-order valence-electron chi connectivity index (χ4n) is 5.02. The zero-order valence-corrected chi connectivity index (χ0v) is 21.7. The quantitative estimate of drug-likeness (QED) is 0.428. The van der Waals surface area contributed by atoms with Crippen LogP contribution in [-0.2, 0) is 11.3 Å². The van der Waals surface area contributed by atoms with Gasteiger partial charge in [-0.1, -0.05) is 17.7 Å². The van der Waals surface area contributed by atoms with Gasteiger partial charge in [0.15, 0.2) is 5.78 Å². The number of rotatable bonds is 9. The van der Waals surface area contributed by atoms with E-state index in [0.717, 1.165) is 55.7 Å². The number of ether oxygens (including phenoxy) is 2. The van der Waals surface area contributed by atoms with Crippen molar-refractivity contribution in [2.24, 2.45) is 5.92 Å². The first-order chi connectivity index (χ1) is 18.0. The molecule has 1 aliphatic carbocycles. The molecule has 0 spiro atoms. The molecule has 1 aromatic heterocycles. The summed E-state index contributed by atoms with van der Waals surface area (Å²) in [4.78, 5) is 28.1. The summed E-state index contributed by atoms with van der Waals surface area (Å²) in [6, 6.07) is 10.6. The van der Waals surface area contributed by atoms with E-state index in [-0.39, 0.29) is 17.6 Å². The molecule has 0 bridgehead atoms. The Labute approximate surface area is 221 Å². The van der Waals surface area contributed by atoms with Gasteiger partial charge in [-0.05, 0) is 60.7 Å². The molecule has 1 N–H and O–H groups in total. The van der Waals surface area contributed by atoms with Crippen LogP contribution in [0.3, 0.4) is 0 Å². The number of carbonyl (C=O) groups excluding carboxylic acids is 2. The number of carbonyl (C=O) groups is 2. The zero-order valence-electron chi connectivity index (χ0n) is 20.9. The van der Waals surface area contributed by atoms with Gasteiger partial charge in [0.05, 0.1) is 36.8 Å². The molecule has 8 nitrogen and oxygen atoms in total. The Morgan fingerprint density at radius 3 is 2.70 bits per heavy atom. The van der Waals surface area contributed by atoms with Crippen LogP contribution in [0.15, 0.2) is 54.2 Å². The van der Waals surface area contributed by atoms with Crippen LogP contribution < -0.4 is 10.1 Å². The molecule has 37 heavy (non-hydrogen) atoms. The largest absolute Gasteiger partial charge is 0.495 e. The lowest BCUT2D eigenvalue weighted by atomic mass is 9.99. The second-order valence-electron chi connectivity index (χ2n) is 9.51. The van der Waals surface area contributed by atoms with Crippen LogP contribution in [0.1, 0.15) is 33.6 Å². The van der Waals surface area contributed by atoms with Gasteiger partial charge in [0.1, 0.15) is 5.75 Å². The van der Waals surface area contributed by atoms with Crippen LogP contribution in [-0.4, -0.2) is 72.9 Å². The van der Waals surface area contributed by atoms with Crippen LogP contribution in [0.5, 0.6) is 5.75 Å². The highest BCUT2D eigenvalue weighted by molar-refractivity contribution is 6.30. The minimum absolute atomic E-state index is 0.0516. The molecule has 2 heterocycles. The first-order valence-corrected chi connectivity index (χ1v) is 13.0. The number of allylic oxidation sites excluding steroid dienone is 2. The number of ketones is 1. The van der Waals surface area contributed by atoms with Gasteiger partial charge < -0.3 is 14.8 Å². The van der Waals surface area contributed by atoms with E-state index in [4.69, 9.17) is 26.2 Å². The molecular formula is C28H31ClN4O4. The molecule has 1 fully saturated rings. The Morgan fingerprint density at radius 2 is 1.95 bits per heavy atom. The third kappa shape index (κ3) is 5.87. The van der Waals surface area contributed by atoms with Crippen LogP contribution in [0.2, 0.25) is 5.02 Å².